The summed E-state index contributed by atoms with van der Waals surface area (Å²) in [5.41, 5.74) is 5.29. The number of hydrogen-bond donors (Lipinski definition) is 2. The molecule has 0 unspecified atom stereocenters. The molecule has 0 aliphatic carbocycles. The van der Waals surface area contributed by atoms with Crippen LogP contribution in [0.4, 0.5) is 4.39 Å². The number of hydrogen-bond acceptors (Lipinski definition) is 3. The van der Waals surface area contributed by atoms with E-state index < -0.39 is 17.8 Å². The van der Waals surface area contributed by atoms with Crippen LogP contribution in [-0.4, -0.2) is 16.1 Å². The molecule has 5 heteroatoms. The van der Waals surface area contributed by atoms with Crippen molar-refractivity contribution in [2.45, 2.75) is 13.0 Å². The molecule has 1 atom stereocenters. The third-order valence-corrected chi connectivity index (χ3v) is 1.55. The molecule has 1 rings (SSSR count). The van der Waals surface area contributed by atoms with Crippen molar-refractivity contribution in [2.75, 3.05) is 0 Å². The summed E-state index contributed by atoms with van der Waals surface area (Å²) in [6, 6.07) is 0.372. The van der Waals surface area contributed by atoms with Gasteiger partial charge in [0.05, 0.1) is 11.3 Å². The molecular formula is C8H9FN2O2. The van der Waals surface area contributed by atoms with E-state index in [2.05, 4.69) is 4.98 Å². The molecule has 0 bridgehead atoms. The number of carboxylic acid groups (broad SMARTS) is 1. The molecule has 0 fully saturated rings. The zero-order valence-electron chi connectivity index (χ0n) is 6.99. The van der Waals surface area contributed by atoms with Gasteiger partial charge < -0.3 is 10.8 Å². The Balaban J connectivity index is 3.13. The van der Waals surface area contributed by atoms with Gasteiger partial charge in [-0.2, -0.15) is 0 Å². The summed E-state index contributed by atoms with van der Waals surface area (Å²) in [6.07, 6.45) is 1.09. The highest BCUT2D eigenvalue weighted by Crippen LogP contribution is 2.12. The van der Waals surface area contributed by atoms with Gasteiger partial charge in [-0.1, -0.05) is 0 Å². The Kier molecular flexibility index (Phi) is 2.57. The fourth-order valence-electron chi connectivity index (χ4n) is 0.901. The van der Waals surface area contributed by atoms with Crippen molar-refractivity contribution in [1.29, 1.82) is 0 Å². The van der Waals surface area contributed by atoms with E-state index in [-0.39, 0.29) is 11.3 Å². The summed E-state index contributed by atoms with van der Waals surface area (Å²) < 4.78 is 13.1. The summed E-state index contributed by atoms with van der Waals surface area (Å²) in [4.78, 5) is 14.0. The van der Waals surface area contributed by atoms with Crippen LogP contribution in [0.25, 0.3) is 0 Å². The minimum atomic E-state index is -1.21. The van der Waals surface area contributed by atoms with E-state index in [1.54, 1.807) is 6.92 Å². The largest absolute Gasteiger partial charge is 0.478 e. The minimum absolute atomic E-state index is 0.0741. The highest BCUT2D eigenvalue weighted by molar-refractivity contribution is 5.87. The normalized spacial score (nSPS) is 12.5. The first kappa shape index (κ1) is 9.60. The average molecular weight is 184 g/mol. The number of aromatic carboxylic acids is 1. The Morgan fingerprint density at radius 3 is 2.77 bits per heavy atom. The van der Waals surface area contributed by atoms with Gasteiger partial charge in [-0.3, -0.25) is 4.98 Å². The van der Waals surface area contributed by atoms with Crippen LogP contribution in [0.1, 0.15) is 29.0 Å². The molecular weight excluding hydrogens is 175 g/mol. The fourth-order valence-corrected chi connectivity index (χ4v) is 0.901. The van der Waals surface area contributed by atoms with E-state index in [4.69, 9.17) is 10.8 Å². The van der Waals surface area contributed by atoms with Gasteiger partial charge in [-0.25, -0.2) is 9.18 Å². The third kappa shape index (κ3) is 2.00. The maximum Gasteiger partial charge on any atom is 0.337 e. The molecule has 0 spiro atoms. The van der Waals surface area contributed by atoms with Crippen molar-refractivity contribution in [2.24, 2.45) is 5.73 Å². The molecule has 1 aromatic rings. The van der Waals surface area contributed by atoms with Crippen LogP contribution in [0.3, 0.4) is 0 Å². The monoisotopic (exact) mass is 184 g/mol. The number of aromatic nitrogens is 1. The molecule has 0 radical (unpaired) electrons. The van der Waals surface area contributed by atoms with Gasteiger partial charge in [0.15, 0.2) is 0 Å². The van der Waals surface area contributed by atoms with Gasteiger partial charge in [-0.05, 0) is 13.0 Å². The SMILES string of the molecule is C[C@@H](N)c1ncc(C(=O)O)cc1F. The molecule has 0 saturated heterocycles. The van der Waals surface area contributed by atoms with E-state index in [0.29, 0.717) is 0 Å². The highest BCUT2D eigenvalue weighted by Gasteiger charge is 2.11. The highest BCUT2D eigenvalue weighted by atomic mass is 19.1. The van der Waals surface area contributed by atoms with Crippen molar-refractivity contribution in [1.82, 2.24) is 4.98 Å². The standard InChI is InChI=1S/C8H9FN2O2/c1-4(10)7-6(9)2-5(3-11-7)8(12)13/h2-4H,10H2,1H3,(H,12,13)/t4-/m1/s1. The zero-order valence-corrected chi connectivity index (χ0v) is 6.99. The number of rotatable bonds is 2. The molecule has 0 aliphatic rings. The second kappa shape index (κ2) is 3.49. The van der Waals surface area contributed by atoms with Crippen molar-refractivity contribution < 1.29 is 14.3 Å². The Hall–Kier alpha value is -1.49. The third-order valence-electron chi connectivity index (χ3n) is 1.55. The molecule has 0 amide bonds. The predicted octanol–water partition coefficient (Wildman–Crippen LogP) is 0.939. The lowest BCUT2D eigenvalue weighted by molar-refractivity contribution is 0.0695. The molecule has 1 heterocycles. The van der Waals surface area contributed by atoms with E-state index in [1.807, 2.05) is 0 Å². The van der Waals surface area contributed by atoms with Crippen LogP contribution in [0.5, 0.6) is 0 Å². The van der Waals surface area contributed by atoms with Crippen molar-refractivity contribution in [3.05, 3.63) is 29.3 Å². The molecule has 1 aromatic heterocycles. The lowest BCUT2D eigenvalue weighted by atomic mass is 10.2. The van der Waals surface area contributed by atoms with Gasteiger partial charge in [0.25, 0.3) is 0 Å². The van der Waals surface area contributed by atoms with E-state index >= 15 is 0 Å². The van der Waals surface area contributed by atoms with Crippen LogP contribution in [0, 0.1) is 5.82 Å². The fraction of sp³-hybridized carbons (Fsp3) is 0.250. The quantitative estimate of drug-likeness (QED) is 0.717. The number of pyridine rings is 1. The first-order valence-electron chi connectivity index (χ1n) is 3.66. The average Bonchev–Trinajstić information content (AvgIpc) is 2.03. The molecule has 70 valence electrons. The van der Waals surface area contributed by atoms with Crippen LogP contribution in [0.2, 0.25) is 0 Å². The molecule has 0 aliphatic heterocycles. The number of carbonyl (C=O) groups is 1. The Morgan fingerprint density at radius 2 is 2.38 bits per heavy atom. The summed E-state index contributed by atoms with van der Waals surface area (Å²) in [5.74, 6) is -1.89. The van der Waals surface area contributed by atoms with Crippen molar-refractivity contribution in [3.8, 4) is 0 Å². The predicted molar refractivity (Wildman–Crippen MR) is 43.8 cm³/mol. The summed E-state index contributed by atoms with van der Waals surface area (Å²) in [7, 11) is 0. The molecule has 0 saturated carbocycles. The number of nitrogens with two attached hydrogens (primary N) is 1. The first-order chi connectivity index (χ1) is 6.02. The van der Waals surface area contributed by atoms with Gasteiger partial charge in [0, 0.05) is 12.2 Å². The number of halogens is 1. The molecule has 3 N–H and O–H groups in total. The van der Waals surface area contributed by atoms with Crippen LogP contribution >= 0.6 is 0 Å². The smallest absolute Gasteiger partial charge is 0.337 e. The van der Waals surface area contributed by atoms with Crippen molar-refractivity contribution >= 4 is 5.97 Å². The maximum absolute atomic E-state index is 13.1. The number of carboxylic acids is 1. The first-order valence-corrected chi connectivity index (χ1v) is 3.66. The zero-order chi connectivity index (χ0) is 10.0. The Morgan fingerprint density at radius 1 is 1.77 bits per heavy atom. The van der Waals surface area contributed by atoms with Crippen LogP contribution in [0.15, 0.2) is 12.3 Å². The Labute approximate surface area is 74.2 Å². The van der Waals surface area contributed by atoms with Crippen molar-refractivity contribution in [3.63, 3.8) is 0 Å². The van der Waals surface area contributed by atoms with E-state index in [1.165, 1.54) is 0 Å². The van der Waals surface area contributed by atoms with Crippen LogP contribution < -0.4 is 5.73 Å². The summed E-state index contributed by atoms with van der Waals surface area (Å²) in [6.45, 7) is 1.58. The maximum atomic E-state index is 13.1. The Bertz CT molecular complexity index is 339. The second-order valence-electron chi connectivity index (χ2n) is 2.68. The molecule has 0 aromatic carbocycles. The lowest BCUT2D eigenvalue weighted by Crippen LogP contribution is -2.11. The molecule has 4 nitrogen and oxygen atoms in total. The van der Waals surface area contributed by atoms with Gasteiger partial charge in [0.1, 0.15) is 5.82 Å². The summed E-state index contributed by atoms with van der Waals surface area (Å²) in [5, 5.41) is 8.50. The van der Waals surface area contributed by atoms with E-state index in [0.717, 1.165) is 12.3 Å². The van der Waals surface area contributed by atoms with E-state index in [9.17, 15) is 9.18 Å². The molecule has 13 heavy (non-hydrogen) atoms. The van der Waals surface area contributed by atoms with Crippen LogP contribution in [-0.2, 0) is 0 Å². The topological polar surface area (TPSA) is 76.2 Å². The van der Waals surface area contributed by atoms with Gasteiger partial charge >= 0.3 is 5.97 Å². The summed E-state index contributed by atoms with van der Waals surface area (Å²) >= 11 is 0. The second-order valence-corrected chi connectivity index (χ2v) is 2.68. The van der Waals surface area contributed by atoms with Gasteiger partial charge in [0.2, 0.25) is 0 Å². The van der Waals surface area contributed by atoms with Gasteiger partial charge in [-0.15, -0.1) is 0 Å². The number of nitrogens with zero attached hydrogens (tertiary/aromatic N) is 1. The minimum Gasteiger partial charge on any atom is -0.478 e. The lowest BCUT2D eigenvalue weighted by Gasteiger charge is -2.05.